The van der Waals surface area contributed by atoms with Crippen molar-refractivity contribution in [2.45, 2.75) is 26.3 Å². The number of rotatable bonds is 5. The average molecular weight is 241 g/mol. The largest absolute Gasteiger partial charge is 0.310 e. The maximum absolute atomic E-state index is 4.29. The van der Waals surface area contributed by atoms with Gasteiger partial charge in [-0.15, -0.1) is 0 Å². The Labute approximate surface area is 108 Å². The van der Waals surface area contributed by atoms with Gasteiger partial charge in [-0.25, -0.2) is 0 Å². The van der Waals surface area contributed by atoms with E-state index in [-0.39, 0.29) is 0 Å². The fourth-order valence-corrected chi connectivity index (χ4v) is 1.87. The maximum atomic E-state index is 4.29. The van der Waals surface area contributed by atoms with Crippen LogP contribution in [0.4, 0.5) is 0 Å². The average Bonchev–Trinajstić information content (AvgIpc) is 2.46. The molecule has 0 radical (unpaired) electrons. The van der Waals surface area contributed by atoms with Crippen LogP contribution in [0.5, 0.6) is 0 Å². The summed E-state index contributed by atoms with van der Waals surface area (Å²) in [6.45, 7) is 5.41. The highest BCUT2D eigenvalue weighted by atomic mass is 14.9. The molecular formula is C15H19N3. The van der Waals surface area contributed by atoms with Crippen molar-refractivity contribution < 1.29 is 0 Å². The third-order valence-electron chi connectivity index (χ3n) is 2.97. The standard InChI is InChI=1S/C15H19N3/c1-3-8-17-12(2)13-4-6-14(7-5-13)15-11-16-9-10-18-15/h4-7,9-12,17H,3,8H2,1-2H3. The molecule has 1 unspecified atom stereocenters. The molecule has 3 nitrogen and oxygen atoms in total. The number of nitrogens with one attached hydrogen (secondary N) is 1. The van der Waals surface area contributed by atoms with E-state index in [0.29, 0.717) is 6.04 Å². The molecule has 0 spiro atoms. The molecule has 94 valence electrons. The molecule has 3 heteroatoms. The van der Waals surface area contributed by atoms with Crippen LogP contribution in [-0.2, 0) is 0 Å². The van der Waals surface area contributed by atoms with Crippen LogP contribution in [0.3, 0.4) is 0 Å². The number of hydrogen-bond acceptors (Lipinski definition) is 3. The Morgan fingerprint density at radius 1 is 1.17 bits per heavy atom. The van der Waals surface area contributed by atoms with Gasteiger partial charge in [0.1, 0.15) is 0 Å². The van der Waals surface area contributed by atoms with Crippen LogP contribution in [0.25, 0.3) is 11.3 Å². The van der Waals surface area contributed by atoms with Crippen LogP contribution >= 0.6 is 0 Å². The van der Waals surface area contributed by atoms with Crippen molar-refractivity contribution in [2.75, 3.05) is 6.54 Å². The first-order valence-corrected chi connectivity index (χ1v) is 6.41. The Hall–Kier alpha value is -1.74. The Bertz CT molecular complexity index is 465. The van der Waals surface area contributed by atoms with Crippen molar-refractivity contribution in [3.05, 3.63) is 48.4 Å². The molecule has 18 heavy (non-hydrogen) atoms. The Balaban J connectivity index is 2.10. The summed E-state index contributed by atoms with van der Waals surface area (Å²) >= 11 is 0. The van der Waals surface area contributed by atoms with E-state index in [4.69, 9.17) is 0 Å². The molecule has 0 saturated heterocycles. The fourth-order valence-electron chi connectivity index (χ4n) is 1.87. The SMILES string of the molecule is CCCNC(C)c1ccc(-c2cnccn2)cc1. The molecule has 1 aromatic heterocycles. The lowest BCUT2D eigenvalue weighted by molar-refractivity contribution is 0.571. The molecule has 0 aliphatic carbocycles. The number of benzene rings is 1. The summed E-state index contributed by atoms with van der Waals surface area (Å²) in [6, 6.07) is 8.89. The van der Waals surface area contributed by atoms with E-state index in [1.807, 2.05) is 0 Å². The molecule has 0 saturated carbocycles. The second-order valence-electron chi connectivity index (χ2n) is 4.39. The molecular weight excluding hydrogens is 222 g/mol. The molecule has 1 atom stereocenters. The van der Waals surface area contributed by atoms with Gasteiger partial charge in [0.15, 0.2) is 0 Å². The summed E-state index contributed by atoms with van der Waals surface area (Å²) in [5.41, 5.74) is 3.32. The first-order valence-electron chi connectivity index (χ1n) is 6.41. The first kappa shape index (κ1) is 12.7. The Morgan fingerprint density at radius 2 is 1.94 bits per heavy atom. The molecule has 1 N–H and O–H groups in total. The zero-order chi connectivity index (χ0) is 12.8. The van der Waals surface area contributed by atoms with Gasteiger partial charge in [-0.05, 0) is 25.5 Å². The molecule has 0 aliphatic rings. The van der Waals surface area contributed by atoms with E-state index >= 15 is 0 Å². The molecule has 1 heterocycles. The second kappa shape index (κ2) is 6.26. The molecule has 0 bridgehead atoms. The molecule has 1 aromatic carbocycles. The van der Waals surface area contributed by atoms with Crippen molar-refractivity contribution in [2.24, 2.45) is 0 Å². The van der Waals surface area contributed by atoms with Gasteiger partial charge in [0.05, 0.1) is 11.9 Å². The third kappa shape index (κ3) is 3.14. The summed E-state index contributed by atoms with van der Waals surface area (Å²) in [4.78, 5) is 8.38. The number of hydrogen-bond donors (Lipinski definition) is 1. The van der Waals surface area contributed by atoms with Crippen LogP contribution in [0.1, 0.15) is 31.9 Å². The van der Waals surface area contributed by atoms with Crippen LogP contribution in [0, 0.1) is 0 Å². The summed E-state index contributed by atoms with van der Waals surface area (Å²) in [5, 5.41) is 3.48. The van der Waals surface area contributed by atoms with Crippen molar-refractivity contribution in [3.63, 3.8) is 0 Å². The summed E-state index contributed by atoms with van der Waals surface area (Å²) < 4.78 is 0. The maximum Gasteiger partial charge on any atom is 0.0885 e. The fraction of sp³-hybridized carbons (Fsp3) is 0.333. The molecule has 0 amide bonds. The quantitative estimate of drug-likeness (QED) is 0.873. The molecule has 0 fully saturated rings. The molecule has 2 rings (SSSR count). The van der Waals surface area contributed by atoms with Gasteiger partial charge < -0.3 is 5.32 Å². The van der Waals surface area contributed by atoms with Gasteiger partial charge >= 0.3 is 0 Å². The topological polar surface area (TPSA) is 37.8 Å². The monoisotopic (exact) mass is 241 g/mol. The Kier molecular flexibility index (Phi) is 4.42. The second-order valence-corrected chi connectivity index (χ2v) is 4.39. The van der Waals surface area contributed by atoms with Gasteiger partial charge in [-0.3, -0.25) is 9.97 Å². The van der Waals surface area contributed by atoms with Gasteiger partial charge in [-0.1, -0.05) is 31.2 Å². The van der Waals surface area contributed by atoms with E-state index in [2.05, 4.69) is 53.4 Å². The number of nitrogens with zero attached hydrogens (tertiary/aromatic N) is 2. The van der Waals surface area contributed by atoms with Gasteiger partial charge in [0, 0.05) is 24.0 Å². The third-order valence-corrected chi connectivity index (χ3v) is 2.97. The van der Waals surface area contributed by atoms with Crippen LogP contribution < -0.4 is 5.32 Å². The van der Waals surface area contributed by atoms with E-state index in [9.17, 15) is 0 Å². The van der Waals surface area contributed by atoms with Gasteiger partial charge in [0.25, 0.3) is 0 Å². The smallest absolute Gasteiger partial charge is 0.0885 e. The minimum absolute atomic E-state index is 0.390. The predicted molar refractivity (Wildman–Crippen MR) is 74.2 cm³/mol. The summed E-state index contributed by atoms with van der Waals surface area (Å²) in [7, 11) is 0. The summed E-state index contributed by atoms with van der Waals surface area (Å²) in [6.07, 6.45) is 6.35. The minimum Gasteiger partial charge on any atom is -0.310 e. The van der Waals surface area contributed by atoms with Crippen LogP contribution in [-0.4, -0.2) is 16.5 Å². The van der Waals surface area contributed by atoms with E-state index in [1.54, 1.807) is 18.6 Å². The van der Waals surface area contributed by atoms with Crippen LogP contribution in [0.15, 0.2) is 42.9 Å². The van der Waals surface area contributed by atoms with Crippen molar-refractivity contribution in [3.8, 4) is 11.3 Å². The van der Waals surface area contributed by atoms with Crippen molar-refractivity contribution in [1.82, 2.24) is 15.3 Å². The lowest BCUT2D eigenvalue weighted by atomic mass is 10.0. The Morgan fingerprint density at radius 3 is 2.56 bits per heavy atom. The highest BCUT2D eigenvalue weighted by Gasteiger charge is 2.04. The number of aromatic nitrogens is 2. The molecule has 0 aliphatic heterocycles. The van der Waals surface area contributed by atoms with E-state index in [1.165, 1.54) is 5.56 Å². The lowest BCUT2D eigenvalue weighted by Gasteiger charge is -2.13. The zero-order valence-corrected chi connectivity index (χ0v) is 10.9. The van der Waals surface area contributed by atoms with E-state index in [0.717, 1.165) is 24.2 Å². The highest BCUT2D eigenvalue weighted by molar-refractivity contribution is 5.58. The highest BCUT2D eigenvalue weighted by Crippen LogP contribution is 2.19. The van der Waals surface area contributed by atoms with Crippen molar-refractivity contribution in [1.29, 1.82) is 0 Å². The van der Waals surface area contributed by atoms with E-state index < -0.39 is 0 Å². The molecule has 2 aromatic rings. The van der Waals surface area contributed by atoms with Crippen LogP contribution in [0.2, 0.25) is 0 Å². The normalized spacial score (nSPS) is 12.3. The van der Waals surface area contributed by atoms with Gasteiger partial charge in [0.2, 0.25) is 0 Å². The zero-order valence-electron chi connectivity index (χ0n) is 10.9. The van der Waals surface area contributed by atoms with Gasteiger partial charge in [-0.2, -0.15) is 0 Å². The predicted octanol–water partition coefficient (Wildman–Crippen LogP) is 3.20. The summed E-state index contributed by atoms with van der Waals surface area (Å²) in [5.74, 6) is 0. The first-order chi connectivity index (χ1) is 8.81. The minimum atomic E-state index is 0.390. The van der Waals surface area contributed by atoms with Crippen molar-refractivity contribution >= 4 is 0 Å². The lowest BCUT2D eigenvalue weighted by Crippen LogP contribution is -2.19.